The van der Waals surface area contributed by atoms with E-state index in [4.69, 9.17) is 9.73 Å². The average Bonchev–Trinajstić information content (AvgIpc) is 3.10. The van der Waals surface area contributed by atoms with Crippen LogP contribution in [0.1, 0.15) is 47.7 Å². The van der Waals surface area contributed by atoms with Gasteiger partial charge in [0.1, 0.15) is 0 Å². The highest BCUT2D eigenvalue weighted by molar-refractivity contribution is 6.13. The summed E-state index contributed by atoms with van der Waals surface area (Å²) >= 11 is 0. The summed E-state index contributed by atoms with van der Waals surface area (Å²) in [7, 11) is 1.35. The molecule has 0 unspecified atom stereocenters. The summed E-state index contributed by atoms with van der Waals surface area (Å²) in [6, 6.07) is 13.4. The molecule has 3 aromatic rings. The van der Waals surface area contributed by atoms with Crippen molar-refractivity contribution in [2.75, 3.05) is 20.2 Å². The number of piperidine rings is 1. The molecule has 0 aliphatic carbocycles. The Morgan fingerprint density at radius 3 is 2.57 bits per heavy atom. The van der Waals surface area contributed by atoms with Gasteiger partial charge in [-0.15, -0.1) is 0 Å². The number of carbonyl (C=O) groups excluding carboxylic acids is 1. The summed E-state index contributed by atoms with van der Waals surface area (Å²) in [5.74, 6) is -0.377. The van der Waals surface area contributed by atoms with Crippen molar-refractivity contribution in [1.82, 2.24) is 9.88 Å². The molecule has 156 valence electrons. The van der Waals surface area contributed by atoms with Gasteiger partial charge in [0, 0.05) is 17.4 Å². The topological polar surface area (TPSA) is 77.9 Å². The molecule has 0 saturated carbocycles. The van der Waals surface area contributed by atoms with E-state index in [0.29, 0.717) is 16.8 Å². The molecular formula is C24H27N3O3. The first-order chi connectivity index (χ1) is 14.5. The number of nitrogens with one attached hydrogen (secondary N) is 1. The molecule has 1 fully saturated rings. The second-order valence-electron chi connectivity index (χ2n) is 7.80. The third-order valence-electron chi connectivity index (χ3n) is 5.65. The van der Waals surface area contributed by atoms with Crippen molar-refractivity contribution in [3.8, 4) is 5.88 Å². The number of nitrogens with zero attached hydrogens (tertiary/aromatic N) is 2. The lowest BCUT2D eigenvalue weighted by molar-refractivity contribution is 0.0601. The molecule has 0 spiro atoms. The van der Waals surface area contributed by atoms with Crippen molar-refractivity contribution in [3.05, 3.63) is 59.2 Å². The molecule has 2 N–H and O–H groups in total. The van der Waals surface area contributed by atoms with Crippen molar-refractivity contribution in [1.29, 1.82) is 0 Å². The average molecular weight is 405 g/mol. The number of hydrogen-bond donors (Lipinski definition) is 2. The van der Waals surface area contributed by atoms with Gasteiger partial charge in [-0.05, 0) is 68.8 Å². The van der Waals surface area contributed by atoms with E-state index < -0.39 is 5.97 Å². The maximum absolute atomic E-state index is 11.9. The van der Waals surface area contributed by atoms with Crippen molar-refractivity contribution in [2.45, 2.75) is 32.7 Å². The van der Waals surface area contributed by atoms with Gasteiger partial charge in [-0.3, -0.25) is 9.89 Å². The molecule has 1 aliphatic heterocycles. The van der Waals surface area contributed by atoms with E-state index in [0.717, 1.165) is 23.1 Å². The number of aromatic hydroxyl groups is 1. The predicted molar refractivity (Wildman–Crippen MR) is 119 cm³/mol. The SMILES string of the molecule is COC(=O)c1ccc2[nH]c(O)c(C(C)=Nc3ccc(CN4CCCCC4)cc3)c2c1. The van der Waals surface area contributed by atoms with Crippen LogP contribution in [0.5, 0.6) is 5.88 Å². The van der Waals surface area contributed by atoms with Gasteiger partial charge in [0.25, 0.3) is 0 Å². The predicted octanol–water partition coefficient (Wildman–Crippen LogP) is 4.79. The second kappa shape index (κ2) is 8.71. The second-order valence-corrected chi connectivity index (χ2v) is 7.80. The lowest BCUT2D eigenvalue weighted by Crippen LogP contribution is -2.28. The minimum Gasteiger partial charge on any atom is -0.494 e. The third kappa shape index (κ3) is 4.24. The number of methoxy groups -OCH3 is 1. The van der Waals surface area contributed by atoms with Crippen LogP contribution in [-0.4, -0.2) is 46.9 Å². The van der Waals surface area contributed by atoms with Crippen LogP contribution in [0, 0.1) is 0 Å². The van der Waals surface area contributed by atoms with Gasteiger partial charge in [0.15, 0.2) is 5.88 Å². The van der Waals surface area contributed by atoms with Crippen molar-refractivity contribution < 1.29 is 14.6 Å². The highest BCUT2D eigenvalue weighted by Gasteiger charge is 2.16. The Hall–Kier alpha value is -3.12. The van der Waals surface area contributed by atoms with Crippen molar-refractivity contribution in [2.24, 2.45) is 4.99 Å². The van der Waals surface area contributed by atoms with Crippen LogP contribution < -0.4 is 0 Å². The van der Waals surface area contributed by atoms with E-state index in [1.165, 1.54) is 45.0 Å². The lowest BCUT2D eigenvalue weighted by atomic mass is 10.1. The van der Waals surface area contributed by atoms with Gasteiger partial charge < -0.3 is 14.8 Å². The molecule has 1 saturated heterocycles. The van der Waals surface area contributed by atoms with Crippen LogP contribution >= 0.6 is 0 Å². The Kier molecular flexibility index (Phi) is 5.86. The summed E-state index contributed by atoms with van der Waals surface area (Å²) in [4.78, 5) is 22.0. The zero-order chi connectivity index (χ0) is 21.1. The lowest BCUT2D eigenvalue weighted by Gasteiger charge is -2.26. The highest BCUT2D eigenvalue weighted by Crippen LogP contribution is 2.30. The number of H-pyrrole nitrogens is 1. The zero-order valence-electron chi connectivity index (χ0n) is 17.4. The van der Waals surface area contributed by atoms with E-state index in [1.54, 1.807) is 18.2 Å². The largest absolute Gasteiger partial charge is 0.494 e. The summed E-state index contributed by atoms with van der Waals surface area (Å²) in [6.45, 7) is 5.18. The minimum atomic E-state index is -0.414. The van der Waals surface area contributed by atoms with Gasteiger partial charge in [-0.2, -0.15) is 0 Å². The number of ether oxygens (including phenoxy) is 1. The maximum Gasteiger partial charge on any atom is 0.337 e. The highest BCUT2D eigenvalue weighted by atomic mass is 16.5. The monoisotopic (exact) mass is 405 g/mol. The quantitative estimate of drug-likeness (QED) is 0.473. The van der Waals surface area contributed by atoms with E-state index in [1.807, 2.05) is 19.1 Å². The van der Waals surface area contributed by atoms with Gasteiger partial charge in [-0.1, -0.05) is 18.6 Å². The van der Waals surface area contributed by atoms with Crippen LogP contribution in [0.4, 0.5) is 5.69 Å². The van der Waals surface area contributed by atoms with Crippen molar-refractivity contribution >= 4 is 28.3 Å². The summed E-state index contributed by atoms with van der Waals surface area (Å²) in [5.41, 5.74) is 4.54. The fourth-order valence-corrected chi connectivity index (χ4v) is 4.09. The number of esters is 1. The fraction of sp³-hybridized carbons (Fsp3) is 0.333. The number of rotatable bonds is 5. The molecule has 30 heavy (non-hydrogen) atoms. The van der Waals surface area contributed by atoms with Crippen LogP contribution in [0.2, 0.25) is 0 Å². The van der Waals surface area contributed by atoms with Crippen LogP contribution in [0.15, 0.2) is 47.5 Å². The molecule has 0 atom stereocenters. The van der Waals surface area contributed by atoms with Gasteiger partial charge in [-0.25, -0.2) is 4.79 Å². The number of aromatic nitrogens is 1. The van der Waals surface area contributed by atoms with Crippen LogP contribution in [0.3, 0.4) is 0 Å². The van der Waals surface area contributed by atoms with E-state index >= 15 is 0 Å². The van der Waals surface area contributed by atoms with E-state index in [9.17, 15) is 9.90 Å². The maximum atomic E-state index is 11.9. The molecule has 6 nitrogen and oxygen atoms in total. The van der Waals surface area contributed by atoms with E-state index in [2.05, 4.69) is 22.0 Å². The van der Waals surface area contributed by atoms with Gasteiger partial charge in [0.05, 0.1) is 29.6 Å². The first-order valence-corrected chi connectivity index (χ1v) is 10.3. The number of aromatic amines is 1. The number of likely N-dealkylation sites (tertiary alicyclic amines) is 1. The van der Waals surface area contributed by atoms with Gasteiger partial charge >= 0.3 is 5.97 Å². The summed E-state index contributed by atoms with van der Waals surface area (Å²) in [5, 5.41) is 11.2. The first kappa shape index (κ1) is 20.2. The Morgan fingerprint density at radius 2 is 1.87 bits per heavy atom. The molecule has 2 aromatic carbocycles. The molecule has 1 aliphatic rings. The molecule has 2 heterocycles. The Bertz CT molecular complexity index is 1080. The summed E-state index contributed by atoms with van der Waals surface area (Å²) < 4.78 is 4.81. The number of carbonyl (C=O) groups is 1. The third-order valence-corrected chi connectivity index (χ3v) is 5.65. The Labute approximate surface area is 176 Å². The molecular weight excluding hydrogens is 378 g/mol. The number of aliphatic imine (C=N–C) groups is 1. The molecule has 1 aromatic heterocycles. The van der Waals surface area contributed by atoms with Crippen LogP contribution in [0.25, 0.3) is 10.9 Å². The summed E-state index contributed by atoms with van der Waals surface area (Å²) in [6.07, 6.45) is 3.91. The Morgan fingerprint density at radius 1 is 1.13 bits per heavy atom. The Balaban J connectivity index is 1.58. The molecule has 6 heteroatoms. The molecule has 0 amide bonds. The van der Waals surface area contributed by atoms with E-state index in [-0.39, 0.29) is 5.88 Å². The smallest absolute Gasteiger partial charge is 0.337 e. The molecule has 0 radical (unpaired) electrons. The first-order valence-electron chi connectivity index (χ1n) is 10.3. The minimum absolute atomic E-state index is 0.0370. The molecule has 0 bridgehead atoms. The number of fused-ring (bicyclic) bond motifs is 1. The number of hydrogen-bond acceptors (Lipinski definition) is 5. The normalized spacial score (nSPS) is 15.5. The standard InChI is InChI=1S/C24H27N3O3/c1-16(22-20-14-18(24(29)30-2)8-11-21(20)26-23(22)28)25-19-9-6-17(7-10-19)15-27-12-4-3-5-13-27/h6-11,14,26,28H,3-5,12-13,15H2,1-2H3. The molecule has 4 rings (SSSR count). The zero-order valence-corrected chi connectivity index (χ0v) is 17.4. The fourth-order valence-electron chi connectivity index (χ4n) is 4.09. The van der Waals surface area contributed by atoms with Crippen molar-refractivity contribution in [3.63, 3.8) is 0 Å². The van der Waals surface area contributed by atoms with Crippen LogP contribution in [-0.2, 0) is 11.3 Å². The number of benzene rings is 2. The van der Waals surface area contributed by atoms with Gasteiger partial charge in [0.2, 0.25) is 0 Å².